The highest BCUT2D eigenvalue weighted by Crippen LogP contribution is 2.10. The molecule has 3 aromatic rings. The zero-order valence-electron chi connectivity index (χ0n) is 15.3. The van der Waals surface area contributed by atoms with Gasteiger partial charge in [0.05, 0.1) is 17.7 Å². The first kappa shape index (κ1) is 20.3. The monoisotopic (exact) mass is 413 g/mol. The molecule has 2 aromatic carbocycles. The second-order valence-electron chi connectivity index (χ2n) is 5.84. The minimum absolute atomic E-state index is 0.0116. The predicted octanol–water partition coefficient (Wildman–Crippen LogP) is 2.29. The summed E-state index contributed by atoms with van der Waals surface area (Å²) in [6.45, 7) is -0.186. The first-order chi connectivity index (χ1) is 14.0. The molecule has 2 N–H and O–H groups in total. The number of benzene rings is 2. The van der Waals surface area contributed by atoms with Gasteiger partial charge < -0.3 is 9.15 Å². The van der Waals surface area contributed by atoms with Gasteiger partial charge in [-0.3, -0.25) is 4.79 Å². The fourth-order valence-electron chi connectivity index (χ4n) is 2.27. The van der Waals surface area contributed by atoms with Crippen molar-refractivity contribution in [2.75, 3.05) is 6.61 Å². The van der Waals surface area contributed by atoms with Crippen LogP contribution in [0.25, 0.3) is 0 Å². The number of hydrogen-bond acceptors (Lipinski definition) is 6. The molecule has 150 valence electrons. The van der Waals surface area contributed by atoms with Crippen LogP contribution in [0.5, 0.6) is 5.75 Å². The number of amides is 1. The smallest absolute Gasteiger partial charge is 0.277 e. The van der Waals surface area contributed by atoms with Crippen molar-refractivity contribution in [1.82, 2.24) is 10.1 Å². The average molecular weight is 413 g/mol. The molecule has 0 saturated carbocycles. The number of nitrogens with one attached hydrogen (secondary N) is 2. The summed E-state index contributed by atoms with van der Waals surface area (Å²) in [5, 5.41) is 3.79. The van der Waals surface area contributed by atoms with Gasteiger partial charge in [0.25, 0.3) is 5.91 Å². The van der Waals surface area contributed by atoms with Crippen LogP contribution < -0.4 is 14.9 Å². The molecule has 0 fully saturated rings. The molecule has 0 bridgehead atoms. The zero-order valence-corrected chi connectivity index (χ0v) is 16.1. The lowest BCUT2D eigenvalue weighted by Gasteiger charge is -2.04. The largest absolute Gasteiger partial charge is 0.484 e. The summed E-state index contributed by atoms with van der Waals surface area (Å²) >= 11 is 0. The number of carbonyl (C=O) groups excluding carboxylic acids is 1. The maximum absolute atomic E-state index is 12.2. The van der Waals surface area contributed by atoms with Crippen LogP contribution in [-0.4, -0.2) is 27.1 Å². The second kappa shape index (κ2) is 9.67. The third-order valence-corrected chi connectivity index (χ3v) is 5.08. The SMILES string of the molecule is O=C(COc1ccccc1)N/N=C\c1ccc(CNS(=O)(=O)c2ccccc2)o1. The Morgan fingerprint density at radius 2 is 1.69 bits per heavy atom. The summed E-state index contributed by atoms with van der Waals surface area (Å²) in [6, 6.07) is 20.2. The maximum Gasteiger partial charge on any atom is 0.277 e. The lowest BCUT2D eigenvalue weighted by Crippen LogP contribution is -2.24. The molecule has 0 saturated heterocycles. The lowest BCUT2D eigenvalue weighted by molar-refractivity contribution is -0.123. The second-order valence-corrected chi connectivity index (χ2v) is 7.60. The summed E-state index contributed by atoms with van der Waals surface area (Å²) in [6.07, 6.45) is 1.32. The molecular formula is C20H19N3O5S. The summed E-state index contributed by atoms with van der Waals surface area (Å²) in [5.74, 6) is 0.931. The number of ether oxygens (including phenoxy) is 1. The normalized spacial score (nSPS) is 11.4. The maximum atomic E-state index is 12.2. The van der Waals surface area contributed by atoms with Crippen LogP contribution >= 0.6 is 0 Å². The van der Waals surface area contributed by atoms with E-state index in [0.717, 1.165) is 0 Å². The van der Waals surface area contributed by atoms with Crippen molar-refractivity contribution in [3.8, 4) is 5.75 Å². The lowest BCUT2D eigenvalue weighted by atomic mass is 10.3. The molecule has 0 radical (unpaired) electrons. The predicted molar refractivity (Wildman–Crippen MR) is 107 cm³/mol. The highest BCUT2D eigenvalue weighted by Gasteiger charge is 2.13. The van der Waals surface area contributed by atoms with Crippen molar-refractivity contribution in [3.63, 3.8) is 0 Å². The van der Waals surface area contributed by atoms with Crippen LogP contribution in [-0.2, 0) is 21.4 Å². The van der Waals surface area contributed by atoms with E-state index in [0.29, 0.717) is 17.3 Å². The van der Waals surface area contributed by atoms with E-state index in [9.17, 15) is 13.2 Å². The molecule has 0 aliphatic rings. The van der Waals surface area contributed by atoms with Gasteiger partial charge in [-0.25, -0.2) is 18.6 Å². The van der Waals surface area contributed by atoms with Crippen molar-refractivity contribution >= 4 is 22.1 Å². The molecule has 1 heterocycles. The van der Waals surface area contributed by atoms with E-state index in [1.54, 1.807) is 54.6 Å². The number of para-hydroxylation sites is 1. The quantitative estimate of drug-likeness (QED) is 0.413. The van der Waals surface area contributed by atoms with Crippen molar-refractivity contribution in [2.24, 2.45) is 5.10 Å². The van der Waals surface area contributed by atoms with Crippen LogP contribution in [0, 0.1) is 0 Å². The summed E-state index contributed by atoms with van der Waals surface area (Å²) in [5.41, 5.74) is 2.32. The third kappa shape index (κ3) is 6.30. The number of sulfonamides is 1. The van der Waals surface area contributed by atoms with Crippen molar-refractivity contribution in [2.45, 2.75) is 11.4 Å². The van der Waals surface area contributed by atoms with Gasteiger partial charge in [-0.1, -0.05) is 36.4 Å². The highest BCUT2D eigenvalue weighted by atomic mass is 32.2. The Balaban J connectivity index is 1.45. The molecule has 9 heteroatoms. The van der Waals surface area contributed by atoms with E-state index in [2.05, 4.69) is 15.2 Å². The van der Waals surface area contributed by atoms with E-state index < -0.39 is 15.9 Å². The number of furan rings is 1. The van der Waals surface area contributed by atoms with E-state index in [4.69, 9.17) is 9.15 Å². The molecular weight excluding hydrogens is 394 g/mol. The number of carbonyl (C=O) groups is 1. The van der Waals surface area contributed by atoms with Crippen LogP contribution in [0.4, 0.5) is 0 Å². The van der Waals surface area contributed by atoms with E-state index >= 15 is 0 Å². The van der Waals surface area contributed by atoms with Crippen LogP contribution in [0.15, 0.2) is 87.2 Å². The average Bonchev–Trinajstić information content (AvgIpc) is 3.20. The van der Waals surface area contributed by atoms with Gasteiger partial charge >= 0.3 is 0 Å². The first-order valence-corrected chi connectivity index (χ1v) is 10.1. The molecule has 3 rings (SSSR count). The molecule has 0 aliphatic carbocycles. The molecule has 8 nitrogen and oxygen atoms in total. The third-order valence-electron chi connectivity index (χ3n) is 3.67. The highest BCUT2D eigenvalue weighted by molar-refractivity contribution is 7.89. The Morgan fingerprint density at radius 1 is 1.00 bits per heavy atom. The number of hydrazone groups is 1. The van der Waals surface area contributed by atoms with E-state index in [1.807, 2.05) is 6.07 Å². The Labute approximate surface area is 168 Å². The Bertz CT molecular complexity index is 1060. The van der Waals surface area contributed by atoms with Crippen molar-refractivity contribution < 1.29 is 22.4 Å². The molecule has 0 unspecified atom stereocenters. The van der Waals surface area contributed by atoms with Gasteiger partial charge in [-0.05, 0) is 36.4 Å². The molecule has 0 aliphatic heterocycles. The Hall–Kier alpha value is -3.43. The minimum Gasteiger partial charge on any atom is -0.484 e. The van der Waals surface area contributed by atoms with Gasteiger partial charge in [0.15, 0.2) is 6.61 Å². The summed E-state index contributed by atoms with van der Waals surface area (Å²) in [4.78, 5) is 11.9. The fraction of sp³-hybridized carbons (Fsp3) is 0.100. The molecule has 1 aromatic heterocycles. The van der Waals surface area contributed by atoms with Gasteiger partial charge in [0.1, 0.15) is 17.3 Å². The van der Waals surface area contributed by atoms with Crippen LogP contribution in [0.2, 0.25) is 0 Å². The standard InChI is InChI=1S/C20H19N3O5S/c24-20(15-27-16-7-3-1-4-8-16)23-21-13-17-11-12-18(28-17)14-22-29(25,26)19-9-5-2-6-10-19/h1-13,22H,14-15H2,(H,23,24)/b21-13-. The summed E-state index contributed by atoms with van der Waals surface area (Å²) in [7, 11) is -3.62. The zero-order chi connectivity index (χ0) is 20.5. The Kier molecular flexibility index (Phi) is 6.77. The molecule has 0 atom stereocenters. The fourth-order valence-corrected chi connectivity index (χ4v) is 3.29. The van der Waals surface area contributed by atoms with Gasteiger partial charge in [0.2, 0.25) is 10.0 Å². The minimum atomic E-state index is -3.62. The Morgan fingerprint density at radius 3 is 2.41 bits per heavy atom. The van der Waals surface area contributed by atoms with E-state index in [1.165, 1.54) is 18.3 Å². The molecule has 1 amide bonds. The van der Waals surface area contributed by atoms with Gasteiger partial charge in [0, 0.05) is 0 Å². The first-order valence-electron chi connectivity index (χ1n) is 8.66. The van der Waals surface area contributed by atoms with Crippen LogP contribution in [0.3, 0.4) is 0 Å². The summed E-state index contributed by atoms with van der Waals surface area (Å²) < 4.78 is 37.6. The molecule has 29 heavy (non-hydrogen) atoms. The van der Waals surface area contributed by atoms with Gasteiger partial charge in [-0.15, -0.1) is 0 Å². The topological polar surface area (TPSA) is 110 Å². The van der Waals surface area contributed by atoms with Crippen LogP contribution in [0.1, 0.15) is 11.5 Å². The van der Waals surface area contributed by atoms with Crippen molar-refractivity contribution in [3.05, 3.63) is 84.3 Å². The van der Waals surface area contributed by atoms with E-state index in [-0.39, 0.29) is 18.0 Å². The van der Waals surface area contributed by atoms with Crippen molar-refractivity contribution in [1.29, 1.82) is 0 Å². The number of hydrogen-bond donors (Lipinski definition) is 2. The number of nitrogens with zero attached hydrogens (tertiary/aromatic N) is 1. The van der Waals surface area contributed by atoms with Gasteiger partial charge in [-0.2, -0.15) is 5.10 Å². The molecule has 0 spiro atoms. The number of rotatable bonds is 9.